The van der Waals surface area contributed by atoms with E-state index in [2.05, 4.69) is 10.6 Å². The Labute approximate surface area is 135 Å². The minimum atomic E-state index is -0.915. The first-order valence-electron chi connectivity index (χ1n) is 7.92. The van der Waals surface area contributed by atoms with Gasteiger partial charge in [-0.25, -0.2) is 4.79 Å². The molecule has 2 saturated heterocycles. The number of amides is 1. The molecule has 2 aliphatic heterocycles. The second-order valence-corrected chi connectivity index (χ2v) is 6.71. The van der Waals surface area contributed by atoms with Crippen LogP contribution in [0.2, 0.25) is 0 Å². The van der Waals surface area contributed by atoms with Gasteiger partial charge in [-0.1, -0.05) is 30.3 Å². The summed E-state index contributed by atoms with van der Waals surface area (Å²) in [6.45, 7) is 2.87. The molecule has 1 aliphatic carbocycles. The lowest BCUT2D eigenvalue weighted by Gasteiger charge is -2.47. The number of hydrogen-bond donors (Lipinski definition) is 3. The number of ether oxygens (including phenoxy) is 1. The van der Waals surface area contributed by atoms with Crippen molar-refractivity contribution in [3.63, 3.8) is 0 Å². The fraction of sp³-hybridized carbons (Fsp3) is 0.529. The lowest BCUT2D eigenvalue weighted by Crippen LogP contribution is -2.61. The number of carbonyl (C=O) groups excluding carboxylic acids is 1. The van der Waals surface area contributed by atoms with Crippen LogP contribution in [0.15, 0.2) is 30.3 Å². The first kappa shape index (κ1) is 15.8. The van der Waals surface area contributed by atoms with Crippen molar-refractivity contribution in [3.05, 3.63) is 35.9 Å². The minimum absolute atomic E-state index is 0.104. The second kappa shape index (κ2) is 6.20. The third-order valence-electron chi connectivity index (χ3n) is 4.99. The van der Waals surface area contributed by atoms with Crippen LogP contribution in [0, 0.1) is 11.8 Å². The van der Waals surface area contributed by atoms with Gasteiger partial charge < -0.3 is 20.5 Å². The van der Waals surface area contributed by atoms with Gasteiger partial charge in [0.05, 0.1) is 12.0 Å². The highest BCUT2D eigenvalue weighted by atomic mass is 16.5. The number of nitrogens with one attached hydrogen (secondary N) is 2. The third kappa shape index (κ3) is 3.32. The Bertz CT molecular complexity index is 578. The van der Waals surface area contributed by atoms with Crippen LogP contribution in [-0.4, -0.2) is 35.3 Å². The van der Waals surface area contributed by atoms with E-state index in [0.717, 1.165) is 18.5 Å². The van der Waals surface area contributed by atoms with E-state index < -0.39 is 17.6 Å². The number of benzene rings is 1. The largest absolute Gasteiger partial charge is 0.481 e. The number of hydrogen-bond acceptors (Lipinski definition) is 4. The maximum Gasteiger partial charge on any atom is 0.407 e. The van der Waals surface area contributed by atoms with Gasteiger partial charge in [0.1, 0.15) is 6.61 Å². The Hall–Kier alpha value is -2.08. The molecule has 3 aliphatic rings. The monoisotopic (exact) mass is 318 g/mol. The molecule has 1 amide bonds. The Kier molecular flexibility index (Phi) is 4.26. The third-order valence-corrected chi connectivity index (χ3v) is 4.99. The summed E-state index contributed by atoms with van der Waals surface area (Å²) in [5, 5.41) is 15.4. The molecule has 3 N–H and O–H groups in total. The highest BCUT2D eigenvalue weighted by Crippen LogP contribution is 2.47. The van der Waals surface area contributed by atoms with Crippen LogP contribution < -0.4 is 10.6 Å². The summed E-state index contributed by atoms with van der Waals surface area (Å²) in [7, 11) is 0. The molecule has 0 spiro atoms. The van der Waals surface area contributed by atoms with E-state index in [1.807, 2.05) is 37.3 Å². The van der Waals surface area contributed by atoms with Gasteiger partial charge in [-0.3, -0.25) is 4.79 Å². The predicted octanol–water partition coefficient (Wildman–Crippen LogP) is 1.75. The van der Waals surface area contributed by atoms with Crippen molar-refractivity contribution in [2.24, 2.45) is 11.8 Å². The van der Waals surface area contributed by atoms with Crippen molar-refractivity contribution in [1.29, 1.82) is 0 Å². The van der Waals surface area contributed by atoms with Gasteiger partial charge in [0.15, 0.2) is 0 Å². The van der Waals surface area contributed by atoms with Crippen LogP contribution in [-0.2, 0) is 16.1 Å². The summed E-state index contributed by atoms with van der Waals surface area (Å²) < 4.78 is 5.25. The van der Waals surface area contributed by atoms with Crippen LogP contribution in [0.5, 0.6) is 0 Å². The average molecular weight is 318 g/mol. The zero-order valence-corrected chi connectivity index (χ0v) is 13.1. The van der Waals surface area contributed by atoms with Gasteiger partial charge in [0, 0.05) is 12.0 Å². The minimum Gasteiger partial charge on any atom is -0.481 e. The molecule has 2 heterocycles. The number of aliphatic carboxylic acids is 1. The first-order valence-corrected chi connectivity index (χ1v) is 7.92. The van der Waals surface area contributed by atoms with E-state index in [1.54, 1.807) is 0 Å². The summed E-state index contributed by atoms with van der Waals surface area (Å²) in [4.78, 5) is 23.4. The van der Waals surface area contributed by atoms with Crippen LogP contribution >= 0.6 is 0 Å². The number of alkyl carbamates (subject to hydrolysis) is 1. The second-order valence-electron chi connectivity index (χ2n) is 6.71. The molecule has 2 bridgehead atoms. The fourth-order valence-corrected chi connectivity index (χ4v) is 3.99. The molecule has 4 atom stereocenters. The van der Waals surface area contributed by atoms with Crippen molar-refractivity contribution in [2.45, 2.75) is 38.0 Å². The predicted molar refractivity (Wildman–Crippen MR) is 83.8 cm³/mol. The number of fused-ring (bicyclic) bond motifs is 1. The fourth-order valence-electron chi connectivity index (χ4n) is 3.99. The molecular weight excluding hydrogens is 296 g/mol. The molecule has 0 radical (unpaired) electrons. The van der Waals surface area contributed by atoms with Gasteiger partial charge in [-0.2, -0.15) is 0 Å². The molecule has 3 fully saturated rings. The zero-order valence-electron chi connectivity index (χ0n) is 13.1. The van der Waals surface area contributed by atoms with E-state index in [9.17, 15) is 14.7 Å². The smallest absolute Gasteiger partial charge is 0.407 e. The Morgan fingerprint density at radius 2 is 2.13 bits per heavy atom. The Morgan fingerprint density at radius 1 is 1.39 bits per heavy atom. The van der Waals surface area contributed by atoms with E-state index in [4.69, 9.17) is 4.74 Å². The molecular formula is C17H22N2O4. The SMILES string of the molecule is CC(CC(=O)O)(NC(=O)OCc1ccccc1)C1C2CNC1C2. The van der Waals surface area contributed by atoms with Crippen molar-refractivity contribution in [3.8, 4) is 0 Å². The molecule has 1 aromatic carbocycles. The molecule has 4 rings (SSSR count). The summed E-state index contributed by atoms with van der Waals surface area (Å²) in [5.74, 6) is -0.344. The van der Waals surface area contributed by atoms with Crippen molar-refractivity contribution in [1.82, 2.24) is 10.6 Å². The number of carboxylic acids is 1. The molecule has 124 valence electrons. The van der Waals surface area contributed by atoms with Crippen LogP contribution in [0.25, 0.3) is 0 Å². The summed E-state index contributed by atoms with van der Waals surface area (Å²) in [6, 6.07) is 9.69. The first-order chi connectivity index (χ1) is 11.0. The van der Waals surface area contributed by atoms with Crippen molar-refractivity contribution < 1.29 is 19.4 Å². The normalized spacial score (nSPS) is 27.6. The van der Waals surface area contributed by atoms with E-state index >= 15 is 0 Å². The molecule has 23 heavy (non-hydrogen) atoms. The molecule has 6 heteroatoms. The van der Waals surface area contributed by atoms with E-state index in [-0.39, 0.29) is 18.9 Å². The summed E-state index contributed by atoms with van der Waals surface area (Å²) in [6.07, 6.45) is 0.386. The van der Waals surface area contributed by atoms with Gasteiger partial charge in [-0.15, -0.1) is 0 Å². The number of carboxylic acid groups (broad SMARTS) is 1. The quantitative estimate of drug-likeness (QED) is 0.744. The Morgan fingerprint density at radius 3 is 2.70 bits per heavy atom. The van der Waals surface area contributed by atoms with Crippen LogP contribution in [0.1, 0.15) is 25.3 Å². The topological polar surface area (TPSA) is 87.7 Å². The standard InChI is InChI=1S/C17H22N2O4/c1-17(8-14(20)21,15-12-7-13(15)18-9-12)19-16(22)23-10-11-5-3-2-4-6-11/h2-6,12-13,15,18H,7-10H2,1H3,(H,19,22)(H,20,21). The molecule has 1 aromatic rings. The molecule has 0 aromatic heterocycles. The number of carbonyl (C=O) groups is 2. The molecule has 4 unspecified atom stereocenters. The van der Waals surface area contributed by atoms with Gasteiger partial charge >= 0.3 is 12.1 Å². The summed E-state index contributed by atoms with van der Waals surface area (Å²) >= 11 is 0. The highest BCUT2D eigenvalue weighted by molar-refractivity contribution is 5.73. The van der Waals surface area contributed by atoms with E-state index in [0.29, 0.717) is 12.0 Å². The van der Waals surface area contributed by atoms with E-state index in [1.165, 1.54) is 0 Å². The number of rotatable bonds is 6. The zero-order chi connectivity index (χ0) is 16.4. The highest BCUT2D eigenvalue weighted by Gasteiger charge is 2.56. The maximum atomic E-state index is 12.1. The van der Waals surface area contributed by atoms with Crippen molar-refractivity contribution in [2.75, 3.05) is 6.54 Å². The molecule has 1 saturated carbocycles. The van der Waals surface area contributed by atoms with Crippen molar-refractivity contribution >= 4 is 12.1 Å². The van der Waals surface area contributed by atoms with Gasteiger partial charge in [0.25, 0.3) is 0 Å². The summed E-state index contributed by atoms with van der Waals surface area (Å²) in [5.41, 5.74) is 0.101. The van der Waals surface area contributed by atoms with Crippen LogP contribution in [0.3, 0.4) is 0 Å². The van der Waals surface area contributed by atoms with Gasteiger partial charge in [-0.05, 0) is 31.4 Å². The van der Waals surface area contributed by atoms with Gasteiger partial charge in [0.2, 0.25) is 0 Å². The Balaban J connectivity index is 1.61. The van der Waals surface area contributed by atoms with Crippen LogP contribution in [0.4, 0.5) is 4.79 Å². The lowest BCUT2D eigenvalue weighted by atomic mass is 9.63. The maximum absolute atomic E-state index is 12.1. The average Bonchev–Trinajstić information content (AvgIpc) is 3.09. The molecule has 6 nitrogen and oxygen atoms in total. The lowest BCUT2D eigenvalue weighted by molar-refractivity contribution is -0.139.